The van der Waals surface area contributed by atoms with Gasteiger partial charge in [0.1, 0.15) is 17.3 Å². The van der Waals surface area contributed by atoms with Crippen LogP contribution in [0.2, 0.25) is 0 Å². The van der Waals surface area contributed by atoms with Crippen molar-refractivity contribution in [3.63, 3.8) is 0 Å². The Balaban J connectivity index is 1.41. The number of nitrogens with zero attached hydrogens (tertiary/aromatic N) is 3. The van der Waals surface area contributed by atoms with Crippen molar-refractivity contribution in [3.8, 4) is 5.75 Å². The molecule has 1 fully saturated rings. The Morgan fingerprint density at radius 3 is 2.64 bits per heavy atom. The van der Waals surface area contributed by atoms with Gasteiger partial charge < -0.3 is 4.74 Å². The maximum Gasteiger partial charge on any atom is 0.433 e. The van der Waals surface area contributed by atoms with Gasteiger partial charge in [-0.1, -0.05) is 12.1 Å². The zero-order valence-corrected chi connectivity index (χ0v) is 17.2. The molecule has 0 spiro atoms. The van der Waals surface area contributed by atoms with E-state index in [4.69, 9.17) is 4.74 Å². The number of fused-ring (bicyclic) bond motifs is 3. The van der Waals surface area contributed by atoms with Crippen LogP contribution in [0.4, 0.5) is 17.6 Å². The lowest BCUT2D eigenvalue weighted by molar-refractivity contribution is -0.141. The summed E-state index contributed by atoms with van der Waals surface area (Å²) in [6.07, 6.45) is 2.84. The topological polar surface area (TPSA) is 39.4 Å². The number of aromatic nitrogens is 3. The fourth-order valence-corrected chi connectivity index (χ4v) is 4.20. The molecule has 4 aromatic rings. The highest BCUT2D eigenvalue weighted by Crippen LogP contribution is 2.42. The number of halogens is 4. The standard InChI is InChI=1S/C25H17F4N3O/c26-19-6-5-17-11-16-2-1-14(9-18(16)13-33-21(17)12-19)10-20-23(15-3-4-15)31-24-30-22(25(27,28)29)7-8-32(20)24/h1-2,5-9,11-13,15H,3-4,10H2. The van der Waals surface area contributed by atoms with Crippen molar-refractivity contribution in [2.45, 2.75) is 31.4 Å². The second kappa shape index (κ2) is 7.16. The van der Waals surface area contributed by atoms with Crippen LogP contribution in [-0.2, 0) is 12.6 Å². The van der Waals surface area contributed by atoms with Crippen LogP contribution in [0.15, 0.2) is 48.7 Å². The van der Waals surface area contributed by atoms with Gasteiger partial charge in [-0.3, -0.25) is 4.40 Å². The molecule has 8 heteroatoms. The molecule has 0 bridgehead atoms. The molecule has 166 valence electrons. The zero-order valence-electron chi connectivity index (χ0n) is 17.2. The average Bonchev–Trinajstić information content (AvgIpc) is 3.58. The van der Waals surface area contributed by atoms with Crippen molar-refractivity contribution in [1.82, 2.24) is 14.4 Å². The Morgan fingerprint density at radius 2 is 1.85 bits per heavy atom. The van der Waals surface area contributed by atoms with Gasteiger partial charge in [0.2, 0.25) is 5.78 Å². The molecular formula is C25H17F4N3O. The summed E-state index contributed by atoms with van der Waals surface area (Å²) in [7, 11) is 0. The van der Waals surface area contributed by atoms with E-state index in [-0.39, 0.29) is 17.5 Å². The van der Waals surface area contributed by atoms with Crippen molar-refractivity contribution in [1.29, 1.82) is 0 Å². The van der Waals surface area contributed by atoms with Gasteiger partial charge in [0.15, 0.2) is 0 Å². The molecule has 0 saturated heterocycles. The smallest absolute Gasteiger partial charge is 0.433 e. The molecule has 1 aliphatic heterocycles. The van der Waals surface area contributed by atoms with E-state index < -0.39 is 11.9 Å². The zero-order chi connectivity index (χ0) is 22.7. The van der Waals surface area contributed by atoms with E-state index in [1.807, 2.05) is 24.3 Å². The van der Waals surface area contributed by atoms with Crippen LogP contribution in [0, 0.1) is 5.82 Å². The van der Waals surface area contributed by atoms with E-state index in [1.54, 1.807) is 16.7 Å². The molecule has 1 aliphatic carbocycles. The Labute approximate surface area is 185 Å². The van der Waals surface area contributed by atoms with Gasteiger partial charge in [-0.05, 0) is 54.0 Å². The Hall–Kier alpha value is -3.68. The Kier molecular flexibility index (Phi) is 4.33. The Bertz CT molecular complexity index is 1530. The second-order valence-corrected chi connectivity index (χ2v) is 8.40. The predicted octanol–water partition coefficient (Wildman–Crippen LogP) is 4.31. The van der Waals surface area contributed by atoms with Gasteiger partial charge in [0.05, 0.1) is 17.6 Å². The number of benzene rings is 2. The van der Waals surface area contributed by atoms with E-state index in [9.17, 15) is 17.6 Å². The van der Waals surface area contributed by atoms with E-state index in [2.05, 4.69) is 9.97 Å². The van der Waals surface area contributed by atoms with Crippen LogP contribution >= 0.6 is 0 Å². The Morgan fingerprint density at radius 1 is 1.00 bits per heavy atom. The highest BCUT2D eigenvalue weighted by atomic mass is 19.4. The van der Waals surface area contributed by atoms with Crippen LogP contribution in [0.1, 0.15) is 47.0 Å². The molecule has 0 unspecified atom stereocenters. The SMILES string of the molecule is Fc1ccc2c(c1)OC=c1cc(Cc3c(C4CC4)nc4nc(C(F)(F)F)ccn34)ccc1=C2. The normalized spacial score (nSPS) is 15.2. The number of ether oxygens (including phenoxy) is 1. The summed E-state index contributed by atoms with van der Waals surface area (Å²) in [6, 6.07) is 11.3. The summed E-state index contributed by atoms with van der Waals surface area (Å²) in [5.41, 5.74) is 2.45. The number of alkyl halides is 3. The minimum atomic E-state index is -4.52. The molecule has 0 atom stereocenters. The van der Waals surface area contributed by atoms with Crippen LogP contribution in [0.3, 0.4) is 0 Å². The lowest BCUT2D eigenvalue weighted by atomic mass is 10.0. The fourth-order valence-electron chi connectivity index (χ4n) is 4.20. The van der Waals surface area contributed by atoms with E-state index in [0.717, 1.165) is 51.9 Å². The van der Waals surface area contributed by atoms with Crippen LogP contribution in [-0.4, -0.2) is 14.4 Å². The highest BCUT2D eigenvalue weighted by Gasteiger charge is 2.34. The fraction of sp³-hybridized carbons (Fsp3) is 0.200. The molecule has 2 aromatic heterocycles. The van der Waals surface area contributed by atoms with Gasteiger partial charge in [-0.2, -0.15) is 13.2 Å². The first-order valence-corrected chi connectivity index (χ1v) is 10.6. The van der Waals surface area contributed by atoms with Crippen LogP contribution in [0.25, 0.3) is 18.1 Å². The maximum atomic E-state index is 13.6. The minimum absolute atomic E-state index is 0.0668. The third kappa shape index (κ3) is 3.65. The van der Waals surface area contributed by atoms with Gasteiger partial charge >= 0.3 is 6.18 Å². The van der Waals surface area contributed by atoms with Crippen molar-refractivity contribution < 1.29 is 22.3 Å². The number of hydrogen-bond acceptors (Lipinski definition) is 3. The quantitative estimate of drug-likeness (QED) is 0.436. The minimum Gasteiger partial charge on any atom is -0.464 e. The number of imidazole rings is 1. The van der Waals surface area contributed by atoms with Gasteiger partial charge in [0.25, 0.3) is 0 Å². The third-order valence-corrected chi connectivity index (χ3v) is 6.00. The second-order valence-electron chi connectivity index (χ2n) is 8.40. The number of rotatable bonds is 3. The van der Waals surface area contributed by atoms with Crippen LogP contribution < -0.4 is 15.2 Å². The average molecular weight is 451 g/mol. The summed E-state index contributed by atoms with van der Waals surface area (Å²) < 4.78 is 60.3. The lowest BCUT2D eigenvalue weighted by Gasteiger charge is -2.07. The first-order chi connectivity index (χ1) is 15.8. The molecule has 2 aliphatic rings. The summed E-state index contributed by atoms with van der Waals surface area (Å²) in [6.45, 7) is 0. The molecule has 0 radical (unpaired) electrons. The van der Waals surface area contributed by atoms with Crippen molar-refractivity contribution >= 4 is 18.1 Å². The van der Waals surface area contributed by atoms with E-state index in [1.165, 1.54) is 18.3 Å². The summed E-state index contributed by atoms with van der Waals surface area (Å²) in [5, 5.41) is 1.77. The van der Waals surface area contributed by atoms with Crippen molar-refractivity contribution in [3.05, 3.63) is 93.1 Å². The summed E-state index contributed by atoms with van der Waals surface area (Å²) in [4.78, 5) is 8.22. The van der Waals surface area contributed by atoms with Gasteiger partial charge in [0, 0.05) is 35.4 Å². The van der Waals surface area contributed by atoms with Gasteiger partial charge in [-0.25, -0.2) is 14.4 Å². The molecular weight excluding hydrogens is 434 g/mol. The molecule has 0 amide bonds. The molecule has 1 saturated carbocycles. The molecule has 0 N–H and O–H groups in total. The van der Waals surface area contributed by atoms with E-state index in [0.29, 0.717) is 12.2 Å². The third-order valence-electron chi connectivity index (χ3n) is 6.00. The maximum absolute atomic E-state index is 13.6. The van der Waals surface area contributed by atoms with E-state index >= 15 is 0 Å². The molecule has 6 rings (SSSR count). The molecule has 33 heavy (non-hydrogen) atoms. The summed E-state index contributed by atoms with van der Waals surface area (Å²) >= 11 is 0. The highest BCUT2D eigenvalue weighted by molar-refractivity contribution is 5.60. The van der Waals surface area contributed by atoms with Gasteiger partial charge in [-0.15, -0.1) is 0 Å². The molecule has 3 heterocycles. The van der Waals surface area contributed by atoms with Crippen molar-refractivity contribution in [2.75, 3.05) is 0 Å². The molecule has 2 aromatic carbocycles. The largest absolute Gasteiger partial charge is 0.464 e. The molecule has 4 nitrogen and oxygen atoms in total. The van der Waals surface area contributed by atoms with Crippen LogP contribution in [0.5, 0.6) is 5.75 Å². The summed E-state index contributed by atoms with van der Waals surface area (Å²) in [5.74, 6) is 0.392. The predicted molar refractivity (Wildman–Crippen MR) is 114 cm³/mol. The first kappa shape index (κ1) is 20.0. The first-order valence-electron chi connectivity index (χ1n) is 10.6. The number of hydrogen-bond donors (Lipinski definition) is 0. The van der Waals surface area contributed by atoms with Crippen molar-refractivity contribution in [2.24, 2.45) is 0 Å². The lowest BCUT2D eigenvalue weighted by Crippen LogP contribution is -2.25. The monoisotopic (exact) mass is 451 g/mol.